The number of hydrogen-bond donors (Lipinski definition) is 2. The number of hydrogen-bond acceptors (Lipinski definition) is 1. The van der Waals surface area contributed by atoms with Gasteiger partial charge in [0.1, 0.15) is 0 Å². The second-order valence-corrected chi connectivity index (χ2v) is 4.61. The van der Waals surface area contributed by atoms with Crippen molar-refractivity contribution in [2.45, 2.75) is 13.3 Å². The molecule has 0 atom stereocenters. The molecule has 0 radical (unpaired) electrons. The second-order valence-electron chi connectivity index (χ2n) is 4.23. The minimum atomic E-state index is -0.192. The lowest BCUT2D eigenvalue weighted by molar-refractivity contribution is 0.234. The summed E-state index contributed by atoms with van der Waals surface area (Å²) in [6.45, 7) is 2.75. The van der Waals surface area contributed by atoms with E-state index in [1.807, 2.05) is 12.1 Å². The summed E-state index contributed by atoms with van der Waals surface area (Å²) in [4.78, 5) is 16.0. The standard InChI is InChI=1S/C13H16N2OS/c1-9-10(7-8-15(2)13(16)17)11-5-3-4-6-12(11)14-9/h3-6,14H,7-8H2,1-2H3,(H,16,17). The molecule has 0 aliphatic carbocycles. The highest BCUT2D eigenvalue weighted by molar-refractivity contribution is 7.96. The molecule has 0 spiro atoms. The highest BCUT2D eigenvalue weighted by Gasteiger charge is 2.09. The molecular formula is C13H16N2OS. The Morgan fingerprint density at radius 1 is 1.41 bits per heavy atom. The SMILES string of the molecule is Cc1[nH]c2ccccc2c1CCN(C)C(=O)S. The molecule has 0 bridgehead atoms. The van der Waals surface area contributed by atoms with Gasteiger partial charge >= 0.3 is 0 Å². The molecule has 4 heteroatoms. The molecule has 1 aromatic carbocycles. The Balaban J connectivity index is 2.23. The zero-order valence-corrected chi connectivity index (χ0v) is 10.9. The highest BCUT2D eigenvalue weighted by Crippen LogP contribution is 2.22. The first-order valence-electron chi connectivity index (χ1n) is 5.60. The summed E-state index contributed by atoms with van der Waals surface area (Å²) in [6, 6.07) is 8.23. The van der Waals surface area contributed by atoms with E-state index in [4.69, 9.17) is 0 Å². The number of carbonyl (C=O) groups is 1. The highest BCUT2D eigenvalue weighted by atomic mass is 32.1. The molecule has 17 heavy (non-hydrogen) atoms. The molecular weight excluding hydrogens is 232 g/mol. The maximum absolute atomic E-state index is 11.0. The molecule has 0 aliphatic heterocycles. The fourth-order valence-electron chi connectivity index (χ4n) is 2.03. The number of H-pyrrole nitrogens is 1. The van der Waals surface area contributed by atoms with E-state index in [9.17, 15) is 4.79 Å². The Bertz CT molecular complexity index is 547. The molecule has 3 nitrogen and oxygen atoms in total. The summed E-state index contributed by atoms with van der Waals surface area (Å²) in [6.07, 6.45) is 0.846. The van der Waals surface area contributed by atoms with Gasteiger partial charge in [-0.15, -0.1) is 0 Å². The predicted octanol–water partition coefficient (Wildman–Crippen LogP) is 3.00. The quantitative estimate of drug-likeness (QED) is 0.805. The molecule has 0 saturated carbocycles. The molecule has 2 aromatic rings. The first-order valence-corrected chi connectivity index (χ1v) is 6.04. The summed E-state index contributed by atoms with van der Waals surface area (Å²) in [5.41, 5.74) is 3.60. The maximum atomic E-state index is 11.0. The fourth-order valence-corrected chi connectivity index (χ4v) is 2.13. The van der Waals surface area contributed by atoms with Crippen LogP contribution < -0.4 is 0 Å². The van der Waals surface area contributed by atoms with E-state index >= 15 is 0 Å². The van der Waals surface area contributed by atoms with Gasteiger partial charge in [-0.25, -0.2) is 0 Å². The van der Waals surface area contributed by atoms with Crippen LogP contribution in [0.15, 0.2) is 24.3 Å². The number of benzene rings is 1. The van der Waals surface area contributed by atoms with Crippen molar-refractivity contribution in [3.8, 4) is 0 Å². The number of aromatic amines is 1. The summed E-state index contributed by atoms with van der Waals surface area (Å²) in [7, 11) is 1.76. The predicted molar refractivity (Wildman–Crippen MR) is 73.8 cm³/mol. The summed E-state index contributed by atoms with van der Waals surface area (Å²) >= 11 is 3.80. The van der Waals surface area contributed by atoms with Gasteiger partial charge in [-0.05, 0) is 25.0 Å². The van der Waals surface area contributed by atoms with Crippen molar-refractivity contribution in [3.05, 3.63) is 35.5 Å². The smallest absolute Gasteiger partial charge is 0.278 e. The lowest BCUT2D eigenvalue weighted by Crippen LogP contribution is -2.23. The van der Waals surface area contributed by atoms with Gasteiger partial charge in [0, 0.05) is 30.2 Å². The van der Waals surface area contributed by atoms with Gasteiger partial charge < -0.3 is 9.88 Å². The summed E-state index contributed by atoms with van der Waals surface area (Å²) in [5.74, 6) is 0. The Hall–Kier alpha value is -1.42. The number of nitrogens with zero attached hydrogens (tertiary/aromatic N) is 1. The van der Waals surface area contributed by atoms with Crippen LogP contribution in [0.25, 0.3) is 10.9 Å². The van der Waals surface area contributed by atoms with Crippen LogP contribution in [0.5, 0.6) is 0 Å². The van der Waals surface area contributed by atoms with E-state index in [0.29, 0.717) is 6.54 Å². The molecule has 2 rings (SSSR count). The number of rotatable bonds is 3. The number of nitrogens with one attached hydrogen (secondary N) is 1. The third-order valence-electron chi connectivity index (χ3n) is 3.05. The van der Waals surface area contributed by atoms with Gasteiger partial charge in [0.2, 0.25) is 0 Å². The van der Waals surface area contributed by atoms with Crippen molar-refractivity contribution in [1.29, 1.82) is 0 Å². The topological polar surface area (TPSA) is 36.1 Å². The van der Waals surface area contributed by atoms with Crippen LogP contribution in [0.1, 0.15) is 11.3 Å². The van der Waals surface area contributed by atoms with Crippen molar-refractivity contribution >= 4 is 28.8 Å². The normalized spacial score (nSPS) is 10.8. The minimum Gasteiger partial charge on any atom is -0.358 e. The molecule has 1 heterocycles. The maximum Gasteiger partial charge on any atom is 0.278 e. The van der Waals surface area contributed by atoms with Crippen molar-refractivity contribution < 1.29 is 4.79 Å². The fraction of sp³-hybridized carbons (Fsp3) is 0.308. The molecule has 1 N–H and O–H groups in total. The Labute approximate surface area is 106 Å². The lowest BCUT2D eigenvalue weighted by Gasteiger charge is -2.13. The van der Waals surface area contributed by atoms with Crippen molar-refractivity contribution in [3.63, 3.8) is 0 Å². The number of carbonyl (C=O) groups excluding carboxylic acids is 1. The monoisotopic (exact) mass is 248 g/mol. The first-order chi connectivity index (χ1) is 8.09. The van der Waals surface area contributed by atoms with Crippen LogP contribution in [0.3, 0.4) is 0 Å². The van der Waals surface area contributed by atoms with Crippen LogP contribution in [-0.2, 0) is 6.42 Å². The number of fused-ring (bicyclic) bond motifs is 1. The summed E-state index contributed by atoms with van der Waals surface area (Å²) in [5, 5.41) is 1.05. The second kappa shape index (κ2) is 4.84. The van der Waals surface area contributed by atoms with Crippen LogP contribution in [0.4, 0.5) is 4.79 Å². The van der Waals surface area contributed by atoms with Crippen molar-refractivity contribution in [2.75, 3.05) is 13.6 Å². The van der Waals surface area contributed by atoms with Gasteiger partial charge in [-0.3, -0.25) is 4.79 Å². The minimum absolute atomic E-state index is 0.192. The van der Waals surface area contributed by atoms with Gasteiger partial charge in [-0.1, -0.05) is 30.8 Å². The molecule has 0 fully saturated rings. The molecule has 0 aliphatic rings. The van der Waals surface area contributed by atoms with E-state index in [0.717, 1.165) is 11.9 Å². The Kier molecular flexibility index (Phi) is 3.43. The van der Waals surface area contributed by atoms with E-state index in [-0.39, 0.29) is 5.24 Å². The van der Waals surface area contributed by atoms with E-state index in [2.05, 4.69) is 36.7 Å². The number of likely N-dealkylation sites (N-methyl/N-ethyl adjacent to an activating group) is 1. The first kappa shape index (κ1) is 12.0. The number of aromatic nitrogens is 1. The van der Waals surface area contributed by atoms with Gasteiger partial charge in [0.25, 0.3) is 5.24 Å². The van der Waals surface area contributed by atoms with Crippen LogP contribution in [0, 0.1) is 6.92 Å². The van der Waals surface area contributed by atoms with Crippen LogP contribution in [-0.4, -0.2) is 28.7 Å². The average Bonchev–Trinajstić information content (AvgIpc) is 2.61. The van der Waals surface area contributed by atoms with Crippen LogP contribution in [0.2, 0.25) is 0 Å². The largest absolute Gasteiger partial charge is 0.358 e. The number of amides is 1. The zero-order chi connectivity index (χ0) is 12.4. The number of aryl methyl sites for hydroxylation is 1. The van der Waals surface area contributed by atoms with Gasteiger partial charge in [0.15, 0.2) is 0 Å². The molecule has 1 amide bonds. The third-order valence-corrected chi connectivity index (χ3v) is 3.39. The van der Waals surface area contributed by atoms with E-state index < -0.39 is 0 Å². The van der Waals surface area contributed by atoms with Gasteiger partial charge in [-0.2, -0.15) is 0 Å². The lowest BCUT2D eigenvalue weighted by atomic mass is 10.1. The Morgan fingerprint density at radius 2 is 2.12 bits per heavy atom. The zero-order valence-electron chi connectivity index (χ0n) is 10.0. The van der Waals surface area contributed by atoms with Crippen LogP contribution >= 0.6 is 12.6 Å². The number of thiol groups is 1. The van der Waals surface area contributed by atoms with Crippen molar-refractivity contribution in [2.24, 2.45) is 0 Å². The third kappa shape index (κ3) is 2.47. The summed E-state index contributed by atoms with van der Waals surface area (Å²) < 4.78 is 0. The van der Waals surface area contributed by atoms with Gasteiger partial charge in [0.05, 0.1) is 0 Å². The molecule has 90 valence electrons. The molecule has 0 unspecified atom stereocenters. The Morgan fingerprint density at radius 3 is 2.82 bits per heavy atom. The average molecular weight is 248 g/mol. The number of para-hydroxylation sites is 1. The van der Waals surface area contributed by atoms with E-state index in [1.165, 1.54) is 16.6 Å². The molecule has 1 aromatic heterocycles. The van der Waals surface area contributed by atoms with Crippen molar-refractivity contribution in [1.82, 2.24) is 9.88 Å². The molecule has 0 saturated heterocycles. The van der Waals surface area contributed by atoms with E-state index in [1.54, 1.807) is 11.9 Å².